The maximum absolute atomic E-state index is 10.4. The zero-order chi connectivity index (χ0) is 12.2. The van der Waals surface area contributed by atoms with Crippen molar-refractivity contribution in [2.24, 2.45) is 10.9 Å². The molecule has 0 aromatic heterocycles. The molecule has 0 radical (unpaired) electrons. The molecule has 0 amide bonds. The summed E-state index contributed by atoms with van der Waals surface area (Å²) in [5.74, 6) is 0.422. The summed E-state index contributed by atoms with van der Waals surface area (Å²) in [5, 5.41) is 9.95. The second-order valence-electron chi connectivity index (χ2n) is 4.47. The van der Waals surface area contributed by atoms with Crippen LogP contribution in [-0.4, -0.2) is 45.0 Å². The summed E-state index contributed by atoms with van der Waals surface area (Å²) in [5.41, 5.74) is -0.170. The average molecular weight is 226 g/mol. The molecule has 3 atom stereocenters. The summed E-state index contributed by atoms with van der Waals surface area (Å²) in [6, 6.07) is 0.377. The van der Waals surface area contributed by atoms with Crippen LogP contribution in [0.25, 0.3) is 0 Å². The number of isocyanates is 1. The molecule has 5 heteroatoms. The van der Waals surface area contributed by atoms with E-state index in [0.29, 0.717) is 12.0 Å². The van der Waals surface area contributed by atoms with Crippen molar-refractivity contribution in [1.29, 1.82) is 0 Å². The van der Waals surface area contributed by atoms with Crippen molar-refractivity contribution in [3.63, 3.8) is 0 Å². The van der Waals surface area contributed by atoms with Gasteiger partial charge in [-0.2, -0.15) is 0 Å². The lowest BCUT2D eigenvalue weighted by Crippen LogP contribution is -2.67. The minimum absolute atomic E-state index is 0.0334. The Balaban J connectivity index is 2.93. The maximum Gasteiger partial charge on any atom is 0.235 e. The topological polar surface area (TPSA) is 65.5 Å². The molecule has 3 N–H and O–H groups in total. The molecule has 1 saturated carbocycles. The Hall–Kier alpha value is -0.740. The Morgan fingerprint density at radius 2 is 1.94 bits per heavy atom. The van der Waals surface area contributed by atoms with Gasteiger partial charge in [0.15, 0.2) is 0 Å². The van der Waals surface area contributed by atoms with Gasteiger partial charge in [0.1, 0.15) is 0 Å². The van der Waals surface area contributed by atoms with Gasteiger partial charge in [-0.3, -0.25) is 0 Å². The van der Waals surface area contributed by atoms with Crippen LogP contribution >= 0.6 is 0 Å². The monoisotopic (exact) mass is 226 g/mol. The highest BCUT2D eigenvalue weighted by Crippen LogP contribution is 2.33. The van der Waals surface area contributed by atoms with Crippen molar-refractivity contribution >= 4 is 6.08 Å². The van der Waals surface area contributed by atoms with Gasteiger partial charge in [0.25, 0.3) is 0 Å². The van der Waals surface area contributed by atoms with Gasteiger partial charge in [-0.25, -0.2) is 9.79 Å². The summed E-state index contributed by atoms with van der Waals surface area (Å²) in [4.78, 5) is 14.3. The van der Waals surface area contributed by atoms with Crippen molar-refractivity contribution in [1.82, 2.24) is 16.0 Å². The standard InChI is InChI=1S/C11H22N4O/c1-8-10(12-2)5-9(15-7-16)6-11(8,13-3)14-4/h8-10,12-14H,5-6H2,1-4H3. The first-order chi connectivity index (χ1) is 7.63. The Bertz CT molecular complexity index is 271. The Kier molecular flexibility index (Phi) is 4.62. The van der Waals surface area contributed by atoms with Crippen LogP contribution in [0.2, 0.25) is 0 Å². The predicted octanol–water partition coefficient (Wildman–Crippen LogP) is -0.156. The molecule has 5 nitrogen and oxygen atoms in total. The molecule has 1 aliphatic carbocycles. The van der Waals surface area contributed by atoms with E-state index in [0.717, 1.165) is 12.8 Å². The van der Waals surface area contributed by atoms with Crippen LogP contribution in [0.4, 0.5) is 0 Å². The fourth-order valence-electron chi connectivity index (χ4n) is 2.81. The number of hydrogen-bond donors (Lipinski definition) is 3. The lowest BCUT2D eigenvalue weighted by Gasteiger charge is -2.48. The van der Waals surface area contributed by atoms with Gasteiger partial charge >= 0.3 is 0 Å². The van der Waals surface area contributed by atoms with Crippen molar-refractivity contribution in [3.8, 4) is 0 Å². The van der Waals surface area contributed by atoms with Crippen LogP contribution in [0.15, 0.2) is 4.99 Å². The third-order valence-electron chi connectivity index (χ3n) is 3.96. The molecule has 0 bridgehead atoms. The molecule has 92 valence electrons. The number of rotatable bonds is 4. The zero-order valence-corrected chi connectivity index (χ0v) is 10.5. The van der Waals surface area contributed by atoms with E-state index in [1.807, 2.05) is 21.1 Å². The smallest absolute Gasteiger partial charge is 0.235 e. The van der Waals surface area contributed by atoms with Gasteiger partial charge in [-0.05, 0) is 27.6 Å². The van der Waals surface area contributed by atoms with Crippen LogP contribution in [0.3, 0.4) is 0 Å². The van der Waals surface area contributed by atoms with Crippen molar-refractivity contribution in [2.45, 2.75) is 37.5 Å². The van der Waals surface area contributed by atoms with Gasteiger partial charge in [0.05, 0.1) is 11.7 Å². The summed E-state index contributed by atoms with van der Waals surface area (Å²) in [6.07, 6.45) is 3.38. The van der Waals surface area contributed by atoms with E-state index < -0.39 is 0 Å². The molecule has 1 aliphatic rings. The Morgan fingerprint density at radius 3 is 2.38 bits per heavy atom. The van der Waals surface area contributed by atoms with Crippen LogP contribution in [0, 0.1) is 5.92 Å². The normalized spacial score (nSPS) is 33.1. The largest absolute Gasteiger partial charge is 0.317 e. The van der Waals surface area contributed by atoms with E-state index in [-0.39, 0.29) is 11.7 Å². The van der Waals surface area contributed by atoms with Crippen LogP contribution in [0.5, 0.6) is 0 Å². The maximum atomic E-state index is 10.4. The van der Waals surface area contributed by atoms with Gasteiger partial charge in [0.2, 0.25) is 6.08 Å². The molecular weight excluding hydrogens is 204 g/mol. The van der Waals surface area contributed by atoms with E-state index in [9.17, 15) is 4.79 Å². The lowest BCUT2D eigenvalue weighted by atomic mass is 9.74. The fourth-order valence-corrected chi connectivity index (χ4v) is 2.81. The summed E-state index contributed by atoms with van der Waals surface area (Å²) < 4.78 is 0. The van der Waals surface area contributed by atoms with Crippen LogP contribution in [0.1, 0.15) is 19.8 Å². The first kappa shape index (κ1) is 13.3. The number of hydrogen-bond acceptors (Lipinski definition) is 5. The first-order valence-electron chi connectivity index (χ1n) is 5.75. The van der Waals surface area contributed by atoms with Gasteiger partial charge in [-0.15, -0.1) is 0 Å². The Labute approximate surface area is 97.1 Å². The summed E-state index contributed by atoms with van der Waals surface area (Å²) in [7, 11) is 5.82. The number of aliphatic imine (C=N–C) groups is 1. The number of carbonyl (C=O) groups excluding carboxylic acids is 1. The molecule has 1 fully saturated rings. The molecule has 0 heterocycles. The van der Waals surface area contributed by atoms with Crippen molar-refractivity contribution in [3.05, 3.63) is 0 Å². The number of nitrogens with zero attached hydrogens (tertiary/aromatic N) is 1. The van der Waals surface area contributed by atoms with Crippen LogP contribution < -0.4 is 16.0 Å². The molecule has 16 heavy (non-hydrogen) atoms. The minimum atomic E-state index is -0.170. The van der Waals surface area contributed by atoms with Crippen LogP contribution in [-0.2, 0) is 4.79 Å². The Morgan fingerprint density at radius 1 is 1.31 bits per heavy atom. The second-order valence-corrected chi connectivity index (χ2v) is 4.47. The molecule has 3 unspecified atom stereocenters. The van der Waals surface area contributed by atoms with Crippen molar-refractivity contribution in [2.75, 3.05) is 21.1 Å². The van der Waals surface area contributed by atoms with Gasteiger partial charge < -0.3 is 16.0 Å². The molecule has 0 aromatic rings. The molecular formula is C11H22N4O. The highest BCUT2D eigenvalue weighted by molar-refractivity contribution is 5.34. The second kappa shape index (κ2) is 5.55. The summed E-state index contributed by atoms with van der Waals surface area (Å²) in [6.45, 7) is 2.20. The highest BCUT2D eigenvalue weighted by atomic mass is 16.1. The summed E-state index contributed by atoms with van der Waals surface area (Å²) >= 11 is 0. The molecule has 0 saturated heterocycles. The first-order valence-corrected chi connectivity index (χ1v) is 5.75. The molecule has 1 rings (SSSR count). The SMILES string of the molecule is CNC1CC(N=C=O)CC(NC)(NC)C1C. The van der Waals surface area contributed by atoms with Gasteiger partial charge in [-0.1, -0.05) is 6.92 Å². The highest BCUT2D eigenvalue weighted by Gasteiger charge is 2.44. The fraction of sp³-hybridized carbons (Fsp3) is 0.909. The third-order valence-corrected chi connectivity index (χ3v) is 3.96. The van der Waals surface area contributed by atoms with E-state index in [4.69, 9.17) is 0 Å². The lowest BCUT2D eigenvalue weighted by molar-refractivity contribution is 0.0899. The quantitative estimate of drug-likeness (QED) is 0.354. The van der Waals surface area contributed by atoms with Crippen molar-refractivity contribution < 1.29 is 4.79 Å². The number of nitrogens with one attached hydrogen (secondary N) is 3. The van der Waals surface area contributed by atoms with E-state index in [1.165, 1.54) is 0 Å². The van der Waals surface area contributed by atoms with E-state index in [1.54, 1.807) is 6.08 Å². The minimum Gasteiger partial charge on any atom is -0.317 e. The van der Waals surface area contributed by atoms with Gasteiger partial charge in [0, 0.05) is 18.4 Å². The third kappa shape index (κ3) is 2.33. The average Bonchev–Trinajstić information content (AvgIpc) is 2.31. The van der Waals surface area contributed by atoms with E-state index >= 15 is 0 Å². The molecule has 0 aromatic carbocycles. The molecule has 0 aliphatic heterocycles. The van der Waals surface area contributed by atoms with E-state index in [2.05, 4.69) is 27.9 Å². The predicted molar refractivity (Wildman–Crippen MR) is 64.0 cm³/mol. The zero-order valence-electron chi connectivity index (χ0n) is 10.5. The molecule has 0 spiro atoms.